The number of aryl methyl sites for hydroxylation is 1. The highest BCUT2D eigenvalue weighted by Crippen LogP contribution is 2.20. The lowest BCUT2D eigenvalue weighted by Gasteiger charge is -2.25. The molecule has 2 N–H and O–H groups in total. The molecule has 0 aliphatic carbocycles. The molecular formula is C21H24ClN5OS. The maximum atomic E-state index is 12.5. The minimum absolute atomic E-state index is 0.101. The van der Waals surface area contributed by atoms with Gasteiger partial charge in [0.15, 0.2) is 10.6 Å². The van der Waals surface area contributed by atoms with E-state index >= 15 is 0 Å². The molecule has 8 heteroatoms. The van der Waals surface area contributed by atoms with Crippen molar-refractivity contribution in [2.45, 2.75) is 20.4 Å². The molecular weight excluding hydrogens is 406 g/mol. The van der Waals surface area contributed by atoms with Crippen molar-refractivity contribution >= 4 is 35.4 Å². The summed E-state index contributed by atoms with van der Waals surface area (Å²) in [6.07, 6.45) is 0. The number of rotatable bonds is 8. The number of carbonyl (C=O) groups excluding carboxylic acids is 1. The van der Waals surface area contributed by atoms with E-state index < -0.39 is 0 Å². The third-order valence-electron chi connectivity index (χ3n) is 4.70. The molecule has 1 amide bonds. The van der Waals surface area contributed by atoms with Crippen LogP contribution in [-0.4, -0.2) is 40.3 Å². The number of hydrogen-bond acceptors (Lipinski definition) is 4. The van der Waals surface area contributed by atoms with Crippen molar-refractivity contribution in [2.24, 2.45) is 0 Å². The minimum atomic E-state index is -0.112. The zero-order valence-electron chi connectivity index (χ0n) is 16.5. The molecule has 0 aliphatic heterocycles. The van der Waals surface area contributed by atoms with E-state index in [0.717, 1.165) is 18.7 Å². The van der Waals surface area contributed by atoms with Crippen molar-refractivity contribution in [2.75, 3.05) is 24.5 Å². The number of hydrogen-bond donors (Lipinski definition) is 2. The van der Waals surface area contributed by atoms with Gasteiger partial charge in [-0.05, 0) is 62.0 Å². The van der Waals surface area contributed by atoms with E-state index in [2.05, 4.69) is 46.4 Å². The zero-order valence-corrected chi connectivity index (χ0v) is 18.1. The highest BCUT2D eigenvalue weighted by Gasteiger charge is 2.13. The fourth-order valence-corrected chi connectivity index (χ4v) is 3.50. The van der Waals surface area contributed by atoms with Crippen LogP contribution >= 0.6 is 23.8 Å². The maximum absolute atomic E-state index is 12.5. The third kappa shape index (κ3) is 5.25. The second kappa shape index (κ2) is 9.71. The number of aromatic amines is 1. The number of halogens is 1. The van der Waals surface area contributed by atoms with E-state index in [-0.39, 0.29) is 12.5 Å². The molecule has 0 radical (unpaired) electrons. The summed E-state index contributed by atoms with van der Waals surface area (Å²) in [7, 11) is 0. The Morgan fingerprint density at radius 2 is 1.97 bits per heavy atom. The standard InChI is InChI=1S/C21H24ClN5OS/c1-3-26(18-7-5-4-6-15(18)2)13-12-23-19(28)14-27-20(24-25-21(27)29)16-8-10-17(22)11-9-16/h4-11H,3,12-14H2,1-2H3,(H,23,28)(H,25,29). The average Bonchev–Trinajstić information content (AvgIpc) is 3.07. The molecule has 0 saturated heterocycles. The Balaban J connectivity index is 1.62. The Hall–Kier alpha value is -2.64. The predicted octanol–water partition coefficient (Wildman–Crippen LogP) is 4.21. The van der Waals surface area contributed by atoms with Gasteiger partial charge in [0.25, 0.3) is 0 Å². The van der Waals surface area contributed by atoms with Crippen LogP contribution in [0.2, 0.25) is 5.02 Å². The summed E-state index contributed by atoms with van der Waals surface area (Å²) in [5.41, 5.74) is 3.25. The molecule has 1 aromatic heterocycles. The topological polar surface area (TPSA) is 66.0 Å². The van der Waals surface area contributed by atoms with Gasteiger partial charge in [0.1, 0.15) is 6.54 Å². The first-order chi connectivity index (χ1) is 14.0. The first-order valence-corrected chi connectivity index (χ1v) is 10.3. The van der Waals surface area contributed by atoms with E-state index in [9.17, 15) is 4.79 Å². The van der Waals surface area contributed by atoms with Gasteiger partial charge in [-0.2, -0.15) is 5.10 Å². The van der Waals surface area contributed by atoms with Gasteiger partial charge in [-0.1, -0.05) is 29.8 Å². The lowest BCUT2D eigenvalue weighted by Crippen LogP contribution is -2.36. The second-order valence-electron chi connectivity index (χ2n) is 6.66. The number of H-pyrrole nitrogens is 1. The molecule has 0 bridgehead atoms. The molecule has 0 aliphatic rings. The van der Waals surface area contributed by atoms with Crippen LogP contribution in [0.3, 0.4) is 0 Å². The number of para-hydroxylation sites is 1. The van der Waals surface area contributed by atoms with Crippen molar-refractivity contribution in [1.29, 1.82) is 0 Å². The number of nitrogens with zero attached hydrogens (tertiary/aromatic N) is 3. The first-order valence-electron chi connectivity index (χ1n) is 9.48. The summed E-state index contributed by atoms with van der Waals surface area (Å²) in [5, 5.41) is 10.6. The molecule has 0 spiro atoms. The van der Waals surface area contributed by atoms with Crippen LogP contribution in [0.15, 0.2) is 48.5 Å². The molecule has 3 rings (SSSR count). The van der Waals surface area contributed by atoms with Crippen LogP contribution in [0, 0.1) is 11.7 Å². The number of amides is 1. The number of nitrogens with one attached hydrogen (secondary N) is 2. The smallest absolute Gasteiger partial charge is 0.240 e. The highest BCUT2D eigenvalue weighted by molar-refractivity contribution is 7.71. The SMILES string of the molecule is CCN(CCNC(=O)Cn1c(-c2ccc(Cl)cc2)n[nH]c1=S)c1ccccc1C. The average molecular weight is 430 g/mol. The Labute approximate surface area is 180 Å². The van der Waals surface area contributed by atoms with Gasteiger partial charge in [-0.15, -0.1) is 0 Å². The van der Waals surface area contributed by atoms with Crippen LogP contribution < -0.4 is 10.2 Å². The van der Waals surface area contributed by atoms with E-state index in [1.54, 1.807) is 16.7 Å². The molecule has 152 valence electrons. The quantitative estimate of drug-likeness (QED) is 0.526. The lowest BCUT2D eigenvalue weighted by atomic mass is 10.2. The van der Waals surface area contributed by atoms with E-state index in [1.165, 1.54) is 11.3 Å². The van der Waals surface area contributed by atoms with Gasteiger partial charge >= 0.3 is 0 Å². The van der Waals surface area contributed by atoms with Crippen molar-refractivity contribution in [3.63, 3.8) is 0 Å². The normalized spacial score (nSPS) is 10.7. The van der Waals surface area contributed by atoms with Crippen molar-refractivity contribution in [1.82, 2.24) is 20.1 Å². The Kier molecular flexibility index (Phi) is 7.06. The molecule has 29 heavy (non-hydrogen) atoms. The van der Waals surface area contributed by atoms with Crippen molar-refractivity contribution in [3.05, 3.63) is 63.9 Å². The molecule has 0 saturated carbocycles. The second-order valence-corrected chi connectivity index (χ2v) is 7.48. The number of anilines is 1. The monoisotopic (exact) mass is 429 g/mol. The van der Waals surface area contributed by atoms with Gasteiger partial charge < -0.3 is 10.2 Å². The Morgan fingerprint density at radius 3 is 2.66 bits per heavy atom. The van der Waals surface area contributed by atoms with E-state index in [1.807, 2.05) is 24.3 Å². The van der Waals surface area contributed by atoms with E-state index in [4.69, 9.17) is 23.8 Å². The zero-order chi connectivity index (χ0) is 20.8. The first kappa shape index (κ1) is 21.1. The van der Waals surface area contributed by atoms with Crippen molar-refractivity contribution < 1.29 is 4.79 Å². The molecule has 6 nitrogen and oxygen atoms in total. The fraction of sp³-hybridized carbons (Fsp3) is 0.286. The Bertz CT molecular complexity index is 1030. The largest absolute Gasteiger partial charge is 0.370 e. The number of carbonyl (C=O) groups is 1. The summed E-state index contributed by atoms with van der Waals surface area (Å²) in [5.74, 6) is 0.496. The summed E-state index contributed by atoms with van der Waals surface area (Å²) in [6.45, 7) is 6.45. The van der Waals surface area contributed by atoms with E-state index in [0.29, 0.717) is 22.2 Å². The number of aromatic nitrogens is 3. The van der Waals surface area contributed by atoms with Crippen LogP contribution in [0.1, 0.15) is 12.5 Å². The predicted molar refractivity (Wildman–Crippen MR) is 120 cm³/mol. The molecule has 0 atom stereocenters. The number of benzene rings is 2. The molecule has 2 aromatic carbocycles. The lowest BCUT2D eigenvalue weighted by molar-refractivity contribution is -0.121. The van der Waals surface area contributed by atoms with Gasteiger partial charge in [0.2, 0.25) is 5.91 Å². The summed E-state index contributed by atoms with van der Waals surface area (Å²) < 4.78 is 2.09. The minimum Gasteiger partial charge on any atom is -0.370 e. The summed E-state index contributed by atoms with van der Waals surface area (Å²) in [6, 6.07) is 15.5. The van der Waals surface area contributed by atoms with Gasteiger partial charge in [0, 0.05) is 35.9 Å². The molecule has 0 unspecified atom stereocenters. The van der Waals surface area contributed by atoms with Crippen LogP contribution in [-0.2, 0) is 11.3 Å². The van der Waals surface area contributed by atoms with Crippen LogP contribution in [0.4, 0.5) is 5.69 Å². The van der Waals surface area contributed by atoms with Crippen LogP contribution in [0.25, 0.3) is 11.4 Å². The maximum Gasteiger partial charge on any atom is 0.240 e. The van der Waals surface area contributed by atoms with Gasteiger partial charge in [-0.25, -0.2) is 0 Å². The fourth-order valence-electron chi connectivity index (χ4n) is 3.18. The third-order valence-corrected chi connectivity index (χ3v) is 5.27. The van der Waals surface area contributed by atoms with Crippen molar-refractivity contribution in [3.8, 4) is 11.4 Å². The van der Waals surface area contributed by atoms with Gasteiger partial charge in [-0.3, -0.25) is 14.5 Å². The molecule has 3 aromatic rings. The summed E-state index contributed by atoms with van der Waals surface area (Å²) in [4.78, 5) is 14.8. The summed E-state index contributed by atoms with van der Waals surface area (Å²) >= 11 is 11.3. The molecule has 1 heterocycles. The van der Waals surface area contributed by atoms with Gasteiger partial charge in [0.05, 0.1) is 0 Å². The molecule has 0 fully saturated rings. The number of likely N-dealkylation sites (N-methyl/N-ethyl adjacent to an activating group) is 1. The Morgan fingerprint density at radius 1 is 1.24 bits per heavy atom. The highest BCUT2D eigenvalue weighted by atomic mass is 35.5. The van der Waals surface area contributed by atoms with Crippen LogP contribution in [0.5, 0.6) is 0 Å².